The maximum Gasteiger partial charge on any atom is 0.252 e. The number of nitrogens with one attached hydrogen (secondary N) is 1. The summed E-state index contributed by atoms with van der Waals surface area (Å²) in [5.41, 5.74) is 2.93. The molecule has 0 spiro atoms. The van der Waals surface area contributed by atoms with Gasteiger partial charge < -0.3 is 10.1 Å². The van der Waals surface area contributed by atoms with E-state index in [1.54, 1.807) is 0 Å². The molecule has 0 saturated heterocycles. The molecule has 1 aromatic heterocycles. The Morgan fingerprint density at radius 3 is 2.65 bits per heavy atom. The molecule has 0 unspecified atom stereocenters. The lowest BCUT2D eigenvalue weighted by Gasteiger charge is -2.12. The van der Waals surface area contributed by atoms with Crippen LogP contribution in [0.1, 0.15) is 35.3 Å². The normalized spacial score (nSPS) is 10.8. The van der Waals surface area contributed by atoms with E-state index in [1.165, 1.54) is 11.3 Å². The number of amides is 1. The fourth-order valence-electron chi connectivity index (χ4n) is 1.80. The van der Waals surface area contributed by atoms with Crippen LogP contribution in [0.2, 0.25) is 0 Å². The molecular formula is C16H19NO2S. The van der Waals surface area contributed by atoms with Crippen molar-refractivity contribution in [3.8, 4) is 0 Å². The molecule has 0 fully saturated rings. The lowest BCUT2D eigenvalue weighted by atomic mass is 10.1. The zero-order valence-electron chi connectivity index (χ0n) is 11.8. The Hall–Kier alpha value is -1.65. The molecule has 0 aliphatic rings. The van der Waals surface area contributed by atoms with Gasteiger partial charge in [0.2, 0.25) is 0 Å². The molecular weight excluding hydrogens is 270 g/mol. The molecule has 1 N–H and O–H groups in total. The highest BCUT2D eigenvalue weighted by Gasteiger charge is 2.07. The highest BCUT2D eigenvalue weighted by Crippen LogP contribution is 2.12. The average molecular weight is 289 g/mol. The standard InChI is InChI=1S/C16H19NO2S/c1-12(2)19-10-14-6-4-3-5-13(14)9-17-16(18)15-7-8-20-11-15/h3-8,11-12H,9-10H2,1-2H3,(H,17,18). The molecule has 1 aromatic carbocycles. The summed E-state index contributed by atoms with van der Waals surface area (Å²) in [6, 6.07) is 9.85. The molecule has 0 aliphatic heterocycles. The van der Waals surface area contributed by atoms with Crippen LogP contribution in [0.5, 0.6) is 0 Å². The minimum atomic E-state index is -0.0363. The van der Waals surface area contributed by atoms with Gasteiger partial charge in [0.15, 0.2) is 0 Å². The molecule has 20 heavy (non-hydrogen) atoms. The Labute approximate surface area is 123 Å². The Bertz CT molecular complexity index is 549. The van der Waals surface area contributed by atoms with Gasteiger partial charge in [0.1, 0.15) is 0 Å². The van der Waals surface area contributed by atoms with E-state index in [-0.39, 0.29) is 12.0 Å². The average Bonchev–Trinajstić information content (AvgIpc) is 2.97. The van der Waals surface area contributed by atoms with E-state index < -0.39 is 0 Å². The summed E-state index contributed by atoms with van der Waals surface area (Å²) < 4.78 is 5.64. The largest absolute Gasteiger partial charge is 0.374 e. The molecule has 3 nitrogen and oxygen atoms in total. The Balaban J connectivity index is 1.97. The van der Waals surface area contributed by atoms with Crippen LogP contribution in [0.3, 0.4) is 0 Å². The second kappa shape index (κ2) is 7.22. The topological polar surface area (TPSA) is 38.3 Å². The van der Waals surface area contributed by atoms with Crippen LogP contribution < -0.4 is 5.32 Å². The summed E-state index contributed by atoms with van der Waals surface area (Å²) in [6.45, 7) is 5.12. The Kier molecular flexibility index (Phi) is 5.32. The van der Waals surface area contributed by atoms with Gasteiger partial charge in [-0.25, -0.2) is 0 Å². The van der Waals surface area contributed by atoms with Crippen molar-refractivity contribution in [3.63, 3.8) is 0 Å². The number of thiophene rings is 1. The van der Waals surface area contributed by atoms with Crippen molar-refractivity contribution in [2.45, 2.75) is 33.1 Å². The van der Waals surface area contributed by atoms with Crippen molar-refractivity contribution >= 4 is 17.2 Å². The van der Waals surface area contributed by atoms with Crippen molar-refractivity contribution in [2.24, 2.45) is 0 Å². The van der Waals surface area contributed by atoms with E-state index in [1.807, 2.05) is 54.9 Å². The van der Waals surface area contributed by atoms with Gasteiger partial charge in [0.25, 0.3) is 5.91 Å². The van der Waals surface area contributed by atoms with Crippen LogP contribution in [0.4, 0.5) is 0 Å². The molecule has 2 aromatic rings. The van der Waals surface area contributed by atoms with Crippen LogP contribution in [-0.2, 0) is 17.9 Å². The van der Waals surface area contributed by atoms with Crippen molar-refractivity contribution in [1.29, 1.82) is 0 Å². The second-order valence-corrected chi connectivity index (χ2v) is 5.60. The first-order chi connectivity index (χ1) is 9.66. The van der Waals surface area contributed by atoms with E-state index in [0.717, 1.165) is 11.1 Å². The first-order valence-electron chi connectivity index (χ1n) is 6.65. The Morgan fingerprint density at radius 2 is 2.00 bits per heavy atom. The van der Waals surface area contributed by atoms with Gasteiger partial charge in [-0.3, -0.25) is 4.79 Å². The highest BCUT2D eigenvalue weighted by atomic mass is 32.1. The third-order valence-corrected chi connectivity index (χ3v) is 3.60. The number of carbonyl (C=O) groups is 1. The van der Waals surface area contributed by atoms with E-state index in [0.29, 0.717) is 18.7 Å². The van der Waals surface area contributed by atoms with Crippen LogP contribution in [0.15, 0.2) is 41.1 Å². The predicted octanol–water partition coefficient (Wildman–Crippen LogP) is 3.60. The van der Waals surface area contributed by atoms with Gasteiger partial charge in [0, 0.05) is 17.5 Å². The third kappa shape index (κ3) is 4.18. The van der Waals surface area contributed by atoms with Crippen LogP contribution in [0, 0.1) is 0 Å². The van der Waals surface area contributed by atoms with E-state index in [2.05, 4.69) is 5.32 Å². The van der Waals surface area contributed by atoms with Crippen LogP contribution in [-0.4, -0.2) is 12.0 Å². The lowest BCUT2D eigenvalue weighted by molar-refractivity contribution is 0.0651. The number of hydrogen-bond donors (Lipinski definition) is 1. The van der Waals surface area contributed by atoms with Crippen molar-refractivity contribution in [3.05, 3.63) is 57.8 Å². The number of hydrogen-bond acceptors (Lipinski definition) is 3. The van der Waals surface area contributed by atoms with Gasteiger partial charge >= 0.3 is 0 Å². The summed E-state index contributed by atoms with van der Waals surface area (Å²) in [6.07, 6.45) is 0.198. The van der Waals surface area contributed by atoms with E-state index in [9.17, 15) is 4.79 Å². The predicted molar refractivity (Wildman–Crippen MR) is 81.9 cm³/mol. The summed E-state index contributed by atoms with van der Waals surface area (Å²) in [5, 5.41) is 6.69. The van der Waals surface area contributed by atoms with Gasteiger partial charge in [-0.05, 0) is 36.4 Å². The number of benzene rings is 1. The Morgan fingerprint density at radius 1 is 1.25 bits per heavy atom. The zero-order chi connectivity index (χ0) is 14.4. The summed E-state index contributed by atoms with van der Waals surface area (Å²) in [5.74, 6) is -0.0363. The van der Waals surface area contributed by atoms with Crippen molar-refractivity contribution < 1.29 is 9.53 Å². The molecule has 0 aliphatic carbocycles. The zero-order valence-corrected chi connectivity index (χ0v) is 12.6. The summed E-state index contributed by atoms with van der Waals surface area (Å²) >= 11 is 1.52. The maximum absolute atomic E-state index is 11.9. The van der Waals surface area contributed by atoms with E-state index >= 15 is 0 Å². The third-order valence-electron chi connectivity index (χ3n) is 2.91. The van der Waals surface area contributed by atoms with Crippen molar-refractivity contribution in [2.75, 3.05) is 0 Å². The first kappa shape index (κ1) is 14.8. The number of carbonyl (C=O) groups excluding carboxylic acids is 1. The molecule has 106 valence electrons. The molecule has 1 heterocycles. The fourth-order valence-corrected chi connectivity index (χ4v) is 2.43. The molecule has 0 radical (unpaired) electrons. The molecule has 4 heteroatoms. The highest BCUT2D eigenvalue weighted by molar-refractivity contribution is 7.08. The second-order valence-electron chi connectivity index (χ2n) is 4.82. The molecule has 0 atom stereocenters. The van der Waals surface area contributed by atoms with Crippen LogP contribution >= 0.6 is 11.3 Å². The van der Waals surface area contributed by atoms with Crippen molar-refractivity contribution in [1.82, 2.24) is 5.32 Å². The fraction of sp³-hybridized carbons (Fsp3) is 0.312. The minimum absolute atomic E-state index is 0.0363. The quantitative estimate of drug-likeness (QED) is 0.882. The SMILES string of the molecule is CC(C)OCc1ccccc1CNC(=O)c1ccsc1. The van der Waals surface area contributed by atoms with Gasteiger partial charge in [-0.15, -0.1) is 0 Å². The van der Waals surface area contributed by atoms with E-state index in [4.69, 9.17) is 4.74 Å². The smallest absolute Gasteiger partial charge is 0.252 e. The van der Waals surface area contributed by atoms with Gasteiger partial charge in [0.05, 0.1) is 12.7 Å². The molecule has 2 rings (SSSR count). The molecule has 0 bridgehead atoms. The minimum Gasteiger partial charge on any atom is -0.374 e. The van der Waals surface area contributed by atoms with Gasteiger partial charge in [-0.1, -0.05) is 24.3 Å². The number of ether oxygens (including phenoxy) is 1. The van der Waals surface area contributed by atoms with Gasteiger partial charge in [-0.2, -0.15) is 11.3 Å². The monoisotopic (exact) mass is 289 g/mol. The molecule has 0 saturated carbocycles. The molecule has 1 amide bonds. The lowest BCUT2D eigenvalue weighted by Crippen LogP contribution is -2.23. The summed E-state index contributed by atoms with van der Waals surface area (Å²) in [7, 11) is 0. The van der Waals surface area contributed by atoms with Crippen LogP contribution in [0.25, 0.3) is 0 Å². The number of rotatable bonds is 6. The first-order valence-corrected chi connectivity index (χ1v) is 7.60. The maximum atomic E-state index is 11.9. The summed E-state index contributed by atoms with van der Waals surface area (Å²) in [4.78, 5) is 11.9.